The molecule has 1 amide bonds. The summed E-state index contributed by atoms with van der Waals surface area (Å²) in [4.78, 5) is 11.5. The molecule has 3 N–H and O–H groups in total. The molecule has 1 fully saturated rings. The van der Waals surface area contributed by atoms with E-state index >= 15 is 0 Å². The van der Waals surface area contributed by atoms with E-state index < -0.39 is 5.60 Å². The van der Waals surface area contributed by atoms with Crippen LogP contribution in [0.2, 0.25) is 0 Å². The average molecular weight is 252 g/mol. The average Bonchev–Trinajstić information content (AvgIpc) is 2.63. The molecule has 0 atom stereocenters. The number of hydrogen-bond donors (Lipinski definition) is 3. The first kappa shape index (κ1) is 12.7. The molecule has 1 aromatic heterocycles. The van der Waals surface area contributed by atoms with Crippen LogP contribution in [0.15, 0.2) is 12.4 Å². The van der Waals surface area contributed by atoms with Gasteiger partial charge in [-0.1, -0.05) is 0 Å². The first-order valence-corrected chi connectivity index (χ1v) is 6.17. The second-order valence-electron chi connectivity index (χ2n) is 5.64. The predicted molar refractivity (Wildman–Crippen MR) is 68.4 cm³/mol. The van der Waals surface area contributed by atoms with Gasteiger partial charge in [0.05, 0.1) is 11.9 Å². The van der Waals surface area contributed by atoms with Crippen molar-refractivity contribution in [3.63, 3.8) is 0 Å². The summed E-state index contributed by atoms with van der Waals surface area (Å²) in [7, 11) is 0. The normalized spacial score (nSPS) is 23.1. The first-order valence-electron chi connectivity index (χ1n) is 6.17. The van der Waals surface area contributed by atoms with Crippen molar-refractivity contribution in [2.45, 2.75) is 51.3 Å². The molecule has 6 heteroatoms. The number of hydrogen-bond acceptors (Lipinski definition) is 4. The van der Waals surface area contributed by atoms with E-state index in [1.165, 1.54) is 0 Å². The summed E-state index contributed by atoms with van der Waals surface area (Å²) in [5.74, 6) is 0. The van der Waals surface area contributed by atoms with Gasteiger partial charge in [0.1, 0.15) is 5.60 Å². The first-order chi connectivity index (χ1) is 8.42. The fourth-order valence-corrected chi connectivity index (χ4v) is 1.89. The van der Waals surface area contributed by atoms with Crippen LogP contribution in [-0.4, -0.2) is 34.0 Å². The highest BCUT2D eigenvalue weighted by Gasteiger charge is 2.31. The number of ether oxygens (including phenoxy) is 1. The quantitative estimate of drug-likeness (QED) is 0.767. The van der Waals surface area contributed by atoms with Gasteiger partial charge in [-0.05, 0) is 33.6 Å². The molecule has 1 heterocycles. The van der Waals surface area contributed by atoms with Gasteiger partial charge in [-0.25, -0.2) is 4.79 Å². The number of aromatic amines is 1. The maximum Gasteiger partial charge on any atom is 0.407 e. The van der Waals surface area contributed by atoms with Gasteiger partial charge in [0.25, 0.3) is 0 Å². The van der Waals surface area contributed by atoms with E-state index in [2.05, 4.69) is 20.8 Å². The molecule has 2 rings (SSSR count). The fraction of sp³-hybridized carbons (Fsp3) is 0.667. The Hall–Kier alpha value is -1.72. The Labute approximate surface area is 106 Å². The van der Waals surface area contributed by atoms with E-state index in [9.17, 15) is 4.79 Å². The van der Waals surface area contributed by atoms with Crippen LogP contribution >= 0.6 is 0 Å². The lowest BCUT2D eigenvalue weighted by Gasteiger charge is -2.36. The van der Waals surface area contributed by atoms with E-state index in [1.54, 1.807) is 6.20 Å². The Kier molecular flexibility index (Phi) is 3.45. The molecule has 0 bridgehead atoms. The molecule has 100 valence electrons. The van der Waals surface area contributed by atoms with Crippen molar-refractivity contribution < 1.29 is 9.53 Å². The van der Waals surface area contributed by atoms with Gasteiger partial charge < -0.3 is 15.4 Å². The number of alkyl carbamates (subject to hydrolysis) is 1. The topological polar surface area (TPSA) is 79.0 Å². The van der Waals surface area contributed by atoms with Crippen LogP contribution in [0.4, 0.5) is 10.5 Å². The van der Waals surface area contributed by atoms with Crippen molar-refractivity contribution in [3.8, 4) is 0 Å². The summed E-state index contributed by atoms with van der Waals surface area (Å²) >= 11 is 0. The maximum atomic E-state index is 11.5. The molecule has 6 nitrogen and oxygen atoms in total. The summed E-state index contributed by atoms with van der Waals surface area (Å²) < 4.78 is 5.20. The summed E-state index contributed by atoms with van der Waals surface area (Å²) in [6, 6.07) is 0.590. The van der Waals surface area contributed by atoms with Crippen molar-refractivity contribution in [2.75, 3.05) is 5.32 Å². The van der Waals surface area contributed by atoms with Gasteiger partial charge in [0.15, 0.2) is 0 Å². The Bertz CT molecular complexity index is 391. The summed E-state index contributed by atoms with van der Waals surface area (Å²) in [5.41, 5.74) is 0.540. The minimum atomic E-state index is -0.442. The van der Waals surface area contributed by atoms with Crippen LogP contribution in [0.1, 0.15) is 33.6 Å². The molecular weight excluding hydrogens is 232 g/mol. The van der Waals surface area contributed by atoms with Crippen LogP contribution < -0.4 is 10.6 Å². The zero-order valence-corrected chi connectivity index (χ0v) is 11.0. The molecule has 1 aliphatic rings. The molecule has 18 heavy (non-hydrogen) atoms. The SMILES string of the molecule is CC(C)(C)OC(=O)NC1CC(Nc2cn[nH]c2)C1. The highest BCUT2D eigenvalue weighted by atomic mass is 16.6. The second kappa shape index (κ2) is 4.88. The zero-order chi connectivity index (χ0) is 13.2. The van der Waals surface area contributed by atoms with Gasteiger partial charge >= 0.3 is 6.09 Å². The van der Waals surface area contributed by atoms with Gasteiger partial charge in [-0.3, -0.25) is 5.10 Å². The number of H-pyrrole nitrogens is 1. The number of nitrogens with zero attached hydrogens (tertiary/aromatic N) is 1. The molecule has 1 aliphatic carbocycles. The largest absolute Gasteiger partial charge is 0.444 e. The van der Waals surface area contributed by atoms with Crippen molar-refractivity contribution in [2.24, 2.45) is 0 Å². The molecule has 0 aliphatic heterocycles. The van der Waals surface area contributed by atoms with Gasteiger partial charge in [-0.15, -0.1) is 0 Å². The van der Waals surface area contributed by atoms with Crippen LogP contribution in [0.5, 0.6) is 0 Å². The molecule has 0 spiro atoms. The maximum absolute atomic E-state index is 11.5. The summed E-state index contributed by atoms with van der Waals surface area (Å²) in [6.07, 6.45) is 5.03. The Morgan fingerprint density at radius 3 is 2.72 bits per heavy atom. The number of rotatable bonds is 3. The third kappa shape index (κ3) is 3.65. The molecule has 0 aromatic carbocycles. The third-order valence-corrected chi connectivity index (χ3v) is 2.73. The third-order valence-electron chi connectivity index (χ3n) is 2.73. The van der Waals surface area contributed by atoms with E-state index in [0.717, 1.165) is 18.5 Å². The highest BCUT2D eigenvalue weighted by Crippen LogP contribution is 2.24. The van der Waals surface area contributed by atoms with Crippen LogP contribution in [0, 0.1) is 0 Å². The molecular formula is C12H20N4O2. The second-order valence-corrected chi connectivity index (χ2v) is 5.64. The number of carbonyl (C=O) groups excluding carboxylic acids is 1. The van der Waals surface area contributed by atoms with E-state index in [4.69, 9.17) is 4.74 Å². The Morgan fingerprint density at radius 1 is 1.44 bits per heavy atom. The molecule has 1 aromatic rings. The molecule has 0 unspecified atom stereocenters. The minimum absolute atomic E-state index is 0.198. The van der Waals surface area contributed by atoms with E-state index in [0.29, 0.717) is 6.04 Å². The van der Waals surface area contributed by atoms with Gasteiger partial charge in [0.2, 0.25) is 0 Å². The van der Waals surface area contributed by atoms with Crippen molar-refractivity contribution >= 4 is 11.8 Å². The van der Waals surface area contributed by atoms with E-state index in [1.807, 2.05) is 27.0 Å². The number of amides is 1. The van der Waals surface area contributed by atoms with Crippen LogP contribution in [0.25, 0.3) is 0 Å². The van der Waals surface area contributed by atoms with Crippen molar-refractivity contribution in [1.82, 2.24) is 15.5 Å². The van der Waals surface area contributed by atoms with Crippen molar-refractivity contribution in [3.05, 3.63) is 12.4 Å². The lowest BCUT2D eigenvalue weighted by atomic mass is 9.87. The number of anilines is 1. The number of carbonyl (C=O) groups is 1. The molecule has 1 saturated carbocycles. The number of aromatic nitrogens is 2. The Morgan fingerprint density at radius 2 is 2.17 bits per heavy atom. The monoisotopic (exact) mass is 252 g/mol. The van der Waals surface area contributed by atoms with Gasteiger partial charge in [-0.2, -0.15) is 5.10 Å². The summed E-state index contributed by atoms with van der Waals surface area (Å²) in [5, 5.41) is 12.8. The van der Waals surface area contributed by atoms with Crippen molar-refractivity contribution in [1.29, 1.82) is 0 Å². The number of nitrogens with one attached hydrogen (secondary N) is 3. The fourth-order valence-electron chi connectivity index (χ4n) is 1.89. The molecule has 0 saturated heterocycles. The van der Waals surface area contributed by atoms with Crippen LogP contribution in [0.3, 0.4) is 0 Å². The smallest absolute Gasteiger partial charge is 0.407 e. The predicted octanol–water partition coefficient (Wildman–Crippen LogP) is 1.88. The zero-order valence-electron chi connectivity index (χ0n) is 11.0. The minimum Gasteiger partial charge on any atom is -0.444 e. The van der Waals surface area contributed by atoms with E-state index in [-0.39, 0.29) is 12.1 Å². The summed E-state index contributed by atoms with van der Waals surface area (Å²) in [6.45, 7) is 5.57. The lowest BCUT2D eigenvalue weighted by molar-refractivity contribution is 0.0475. The van der Waals surface area contributed by atoms with Gasteiger partial charge in [0, 0.05) is 18.3 Å². The molecule has 0 radical (unpaired) electrons. The highest BCUT2D eigenvalue weighted by molar-refractivity contribution is 5.68. The Balaban J connectivity index is 1.66. The van der Waals surface area contributed by atoms with Crippen LogP contribution in [-0.2, 0) is 4.74 Å². The lowest BCUT2D eigenvalue weighted by Crippen LogP contribution is -2.50. The standard InChI is InChI=1S/C12H20N4O2/c1-12(2,3)18-11(17)16-9-4-8(5-9)15-10-6-13-14-7-10/h6-9,15H,4-5H2,1-3H3,(H,13,14)(H,16,17).